The summed E-state index contributed by atoms with van der Waals surface area (Å²) in [6, 6.07) is 0. The summed E-state index contributed by atoms with van der Waals surface area (Å²) in [7, 11) is 4.72. The Morgan fingerprint density at radius 3 is 2.36 bits per heavy atom. The van der Waals surface area contributed by atoms with Gasteiger partial charge in [-0.2, -0.15) is 0 Å². The Balaban J connectivity index is 1.53. The van der Waals surface area contributed by atoms with Crippen molar-refractivity contribution in [3.05, 3.63) is 60.4 Å². The highest BCUT2D eigenvalue weighted by molar-refractivity contribution is 5.94. The molecule has 11 atom stereocenters. The number of esters is 1. The quantitative estimate of drug-likeness (QED) is 0.0921. The van der Waals surface area contributed by atoms with Crippen LogP contribution in [-0.4, -0.2) is 105 Å². The highest BCUT2D eigenvalue weighted by Crippen LogP contribution is 2.33. The molecule has 0 radical (unpaired) electrons. The van der Waals surface area contributed by atoms with Crippen molar-refractivity contribution in [1.29, 1.82) is 0 Å². The molecule has 61 heavy (non-hydrogen) atoms. The third kappa shape index (κ3) is 14.4. The Morgan fingerprint density at radius 2 is 1.66 bits per heavy atom. The van der Waals surface area contributed by atoms with Crippen molar-refractivity contribution in [3.63, 3.8) is 0 Å². The first-order valence-electron chi connectivity index (χ1n) is 20.9. The lowest BCUT2D eigenvalue weighted by atomic mass is 9.86. The fourth-order valence-corrected chi connectivity index (χ4v) is 7.50. The molecule has 1 aliphatic heterocycles. The van der Waals surface area contributed by atoms with Crippen LogP contribution in [0.1, 0.15) is 104 Å². The minimum atomic E-state index is -1.05. The van der Waals surface area contributed by atoms with E-state index in [4.69, 9.17) is 27.5 Å². The predicted octanol–water partition coefficient (Wildman–Crippen LogP) is 6.74. The fourth-order valence-electron chi connectivity index (χ4n) is 7.50. The number of fused-ring (bicyclic) bond motifs is 8. The van der Waals surface area contributed by atoms with Crippen LogP contribution >= 0.6 is 0 Å². The van der Waals surface area contributed by atoms with Crippen LogP contribution in [0.25, 0.3) is 29.2 Å². The third-order valence-electron chi connectivity index (χ3n) is 11.4. The molecule has 3 aromatic heterocycles. The molecule has 4 rings (SSSR count). The zero-order valence-corrected chi connectivity index (χ0v) is 36.8. The minimum Gasteiger partial charge on any atom is -0.462 e. The lowest BCUT2D eigenvalue weighted by Crippen LogP contribution is -2.38. The van der Waals surface area contributed by atoms with Crippen LogP contribution in [-0.2, 0) is 28.6 Å². The summed E-state index contributed by atoms with van der Waals surface area (Å²) in [5, 5.41) is 33.7. The Morgan fingerprint density at radius 1 is 0.967 bits per heavy atom. The lowest BCUT2D eigenvalue weighted by molar-refractivity contribution is -0.159. The molecule has 1 aliphatic rings. The first-order chi connectivity index (χ1) is 29.0. The number of rotatable bonds is 13. The molecule has 4 heterocycles. The van der Waals surface area contributed by atoms with E-state index in [-0.39, 0.29) is 73.3 Å². The Kier molecular flexibility index (Phi) is 18.8. The van der Waals surface area contributed by atoms with Gasteiger partial charge in [-0.1, -0.05) is 52.8 Å². The van der Waals surface area contributed by atoms with Crippen LogP contribution < -0.4 is 0 Å². The number of ketones is 1. The zero-order valence-electron chi connectivity index (χ0n) is 36.8. The first kappa shape index (κ1) is 48.9. The molecule has 0 spiro atoms. The number of hydrogen-bond acceptors (Lipinski definition) is 15. The number of nitrogens with zero attached hydrogens (tertiary/aromatic N) is 4. The number of aliphatic hydroxyl groups excluding tert-OH is 3. The molecule has 336 valence electrons. The van der Waals surface area contributed by atoms with Gasteiger partial charge in [0.15, 0.2) is 17.2 Å². The van der Waals surface area contributed by atoms with E-state index in [1.807, 2.05) is 39.8 Å². The largest absolute Gasteiger partial charge is 0.462 e. The standard InChI is InChI=1S/C45H64N4O12/c1-26(15-16-49(7)25-50)17-29(4)36(52)14-13-28(3)39(56-8)21-40-30(5)37(53)11-10-12-41-46-34(23-58-41)44-48-35(24-60-44)45-47-33(22-59-45)43(57-9)31(6)38(54)19-27(2)18-32(51)20-42(55)61-40/h10,12,15-17,22-28,30-32,37-40,43,51,53-54H,11,13-14,18-21H2,1-9H3. The van der Waals surface area contributed by atoms with Gasteiger partial charge in [0.2, 0.25) is 24.1 Å². The summed E-state index contributed by atoms with van der Waals surface area (Å²) < 4.78 is 34.7. The topological polar surface area (TPSA) is 221 Å². The molecule has 0 fully saturated rings. The maximum atomic E-state index is 13.5. The van der Waals surface area contributed by atoms with Gasteiger partial charge in [0.1, 0.15) is 36.7 Å². The monoisotopic (exact) mass is 852 g/mol. The van der Waals surface area contributed by atoms with Crippen LogP contribution in [0.15, 0.2) is 62.0 Å². The second-order valence-corrected chi connectivity index (χ2v) is 16.6. The number of carbonyl (C=O) groups excluding carboxylic acids is 3. The molecule has 16 heteroatoms. The third-order valence-corrected chi connectivity index (χ3v) is 11.4. The molecule has 0 aliphatic carbocycles. The number of aromatic nitrogens is 3. The summed E-state index contributed by atoms with van der Waals surface area (Å²) in [5.41, 5.74) is 1.72. The number of oxazole rings is 3. The molecule has 3 aromatic rings. The average molecular weight is 853 g/mol. The number of carbonyl (C=O) groups is 3. The predicted molar refractivity (Wildman–Crippen MR) is 225 cm³/mol. The maximum Gasteiger partial charge on any atom is 0.308 e. The Bertz CT molecular complexity index is 1930. The van der Waals surface area contributed by atoms with E-state index in [0.29, 0.717) is 41.9 Å². The van der Waals surface area contributed by atoms with Crippen LogP contribution in [0, 0.1) is 29.6 Å². The van der Waals surface area contributed by atoms with Gasteiger partial charge in [0.25, 0.3) is 0 Å². The molecule has 11 unspecified atom stereocenters. The highest BCUT2D eigenvalue weighted by Gasteiger charge is 2.34. The average Bonchev–Trinajstić information content (AvgIpc) is 4.02. The van der Waals surface area contributed by atoms with E-state index >= 15 is 0 Å². The van der Waals surface area contributed by atoms with Crippen molar-refractivity contribution < 1.29 is 57.2 Å². The Hall–Kier alpha value is -4.74. The van der Waals surface area contributed by atoms with Crippen LogP contribution in [0.5, 0.6) is 0 Å². The number of Topliss-reactive ketones (excluding diaryl/α,β-unsaturated/α-hetero) is 1. The van der Waals surface area contributed by atoms with Crippen molar-refractivity contribution >= 4 is 24.2 Å². The van der Waals surface area contributed by atoms with E-state index in [1.54, 1.807) is 46.4 Å². The molecule has 0 saturated carbocycles. The smallest absolute Gasteiger partial charge is 0.308 e. The summed E-state index contributed by atoms with van der Waals surface area (Å²) in [6.07, 6.45) is 10.2. The van der Waals surface area contributed by atoms with E-state index < -0.39 is 54.4 Å². The van der Waals surface area contributed by atoms with Gasteiger partial charge in [-0.15, -0.1) is 0 Å². The molecular weight excluding hydrogens is 789 g/mol. The van der Waals surface area contributed by atoms with Gasteiger partial charge in [-0.3, -0.25) is 14.4 Å². The second kappa shape index (κ2) is 23.5. The highest BCUT2D eigenvalue weighted by atomic mass is 16.5. The molecule has 6 bridgehead atoms. The summed E-state index contributed by atoms with van der Waals surface area (Å²) in [5.74, 6) is -1.41. The van der Waals surface area contributed by atoms with Crippen molar-refractivity contribution in [1.82, 2.24) is 19.9 Å². The fraction of sp³-hybridized carbons (Fsp3) is 0.600. The van der Waals surface area contributed by atoms with E-state index in [0.717, 1.165) is 0 Å². The van der Waals surface area contributed by atoms with Crippen molar-refractivity contribution in [3.8, 4) is 23.2 Å². The number of aliphatic hydroxyl groups is 3. The number of amides is 1. The van der Waals surface area contributed by atoms with Gasteiger partial charge in [-0.25, -0.2) is 15.0 Å². The van der Waals surface area contributed by atoms with Crippen LogP contribution in [0.3, 0.4) is 0 Å². The summed E-state index contributed by atoms with van der Waals surface area (Å²) >= 11 is 0. The molecule has 0 aromatic carbocycles. The van der Waals surface area contributed by atoms with Crippen molar-refractivity contribution in [2.24, 2.45) is 29.6 Å². The summed E-state index contributed by atoms with van der Waals surface area (Å²) in [6.45, 7) is 11.2. The SMILES string of the molecule is COC(CC1OC(=O)CC(O)CC(C)CC(O)C(C)C(OC)c2coc(n2)-c2coc(n2)-c2coc(n2)C=CCC(O)C1C)C(C)CCC(=O)C(C)=CC(C)C=CN(C)C=O. The normalized spacial score (nSPS) is 26.5. The van der Waals surface area contributed by atoms with Gasteiger partial charge < -0.3 is 47.7 Å². The van der Waals surface area contributed by atoms with E-state index in [2.05, 4.69) is 15.0 Å². The molecule has 1 amide bonds. The van der Waals surface area contributed by atoms with E-state index in [1.165, 1.54) is 30.8 Å². The molecule has 3 N–H and O–H groups in total. The second-order valence-electron chi connectivity index (χ2n) is 16.6. The van der Waals surface area contributed by atoms with E-state index in [9.17, 15) is 29.7 Å². The van der Waals surface area contributed by atoms with Gasteiger partial charge in [0, 0.05) is 52.1 Å². The molecule has 0 saturated heterocycles. The number of ether oxygens (including phenoxy) is 3. The van der Waals surface area contributed by atoms with Crippen molar-refractivity contribution in [2.45, 2.75) is 123 Å². The zero-order chi connectivity index (χ0) is 44.8. The molecule has 16 nitrogen and oxygen atoms in total. The minimum absolute atomic E-state index is 0.0106. The van der Waals surface area contributed by atoms with Gasteiger partial charge in [-0.05, 0) is 62.0 Å². The summed E-state index contributed by atoms with van der Waals surface area (Å²) in [4.78, 5) is 52.3. The van der Waals surface area contributed by atoms with Crippen LogP contribution in [0.2, 0.25) is 0 Å². The van der Waals surface area contributed by atoms with Crippen molar-refractivity contribution in [2.75, 3.05) is 21.3 Å². The van der Waals surface area contributed by atoms with Crippen LogP contribution in [0.4, 0.5) is 0 Å². The molecular formula is C45H64N4O12. The number of allylic oxidation sites excluding steroid dienone is 3. The number of hydrogen-bond donors (Lipinski definition) is 3. The maximum absolute atomic E-state index is 13.5. The number of cyclic esters (lactones) is 1. The lowest BCUT2D eigenvalue weighted by Gasteiger charge is -2.32. The first-order valence-corrected chi connectivity index (χ1v) is 20.9. The Labute approximate surface area is 358 Å². The number of methoxy groups -OCH3 is 2. The van der Waals surface area contributed by atoms with Gasteiger partial charge >= 0.3 is 5.97 Å². The van der Waals surface area contributed by atoms with Gasteiger partial charge in [0.05, 0.1) is 30.8 Å².